The monoisotopic (exact) mass is 571 g/mol. The fourth-order valence-electron chi connectivity index (χ4n) is 4.92. The van der Waals surface area contributed by atoms with E-state index in [-0.39, 0.29) is 34.7 Å². The summed E-state index contributed by atoms with van der Waals surface area (Å²) in [7, 11) is 0. The van der Waals surface area contributed by atoms with Crippen molar-refractivity contribution in [3.8, 4) is 11.3 Å². The van der Waals surface area contributed by atoms with E-state index in [1.807, 2.05) is 0 Å². The fourth-order valence-corrected chi connectivity index (χ4v) is 4.92. The maximum Gasteiger partial charge on any atom is 0.277 e. The van der Waals surface area contributed by atoms with Gasteiger partial charge >= 0.3 is 0 Å². The zero-order chi connectivity index (χ0) is 29.8. The number of nitrogens with one attached hydrogen (secondary N) is 1. The molecule has 0 bridgehead atoms. The summed E-state index contributed by atoms with van der Waals surface area (Å²) < 4.78 is 53.8. The highest BCUT2D eigenvalue weighted by molar-refractivity contribution is 6.24. The summed E-state index contributed by atoms with van der Waals surface area (Å²) in [6, 6.07) is 4.76. The minimum Gasteiger partial charge on any atom is -0.509 e. The predicted molar refractivity (Wildman–Crippen MR) is 145 cm³/mol. The van der Waals surface area contributed by atoms with E-state index >= 15 is 0 Å². The Morgan fingerprint density at radius 2 is 1.95 bits per heavy atom. The van der Waals surface area contributed by atoms with Crippen molar-refractivity contribution < 1.29 is 32.3 Å². The van der Waals surface area contributed by atoms with Crippen LogP contribution >= 0.6 is 0 Å². The minimum atomic E-state index is -3.22. The Kier molecular flexibility index (Phi) is 8.72. The number of alkyl halides is 3. The van der Waals surface area contributed by atoms with Crippen LogP contribution in [0.3, 0.4) is 0 Å². The fraction of sp³-hybridized carbons (Fsp3) is 0.310. The van der Waals surface area contributed by atoms with Crippen molar-refractivity contribution in [1.29, 1.82) is 0 Å². The van der Waals surface area contributed by atoms with Gasteiger partial charge in [-0.15, -0.1) is 0 Å². The second kappa shape index (κ2) is 12.0. The molecule has 41 heavy (non-hydrogen) atoms. The molecule has 2 aliphatic heterocycles. The van der Waals surface area contributed by atoms with Gasteiger partial charge in [-0.3, -0.25) is 14.6 Å². The predicted octanol–water partition coefficient (Wildman–Crippen LogP) is 5.68. The number of hydrazine groups is 1. The van der Waals surface area contributed by atoms with Crippen LogP contribution in [0, 0.1) is 0 Å². The van der Waals surface area contributed by atoms with Crippen LogP contribution in [0.5, 0.6) is 0 Å². The Balaban J connectivity index is 1.71. The van der Waals surface area contributed by atoms with E-state index in [1.165, 1.54) is 29.3 Å². The molecule has 8 nitrogen and oxygen atoms in total. The van der Waals surface area contributed by atoms with Gasteiger partial charge in [0.25, 0.3) is 17.7 Å². The summed E-state index contributed by atoms with van der Waals surface area (Å²) in [5, 5.41) is 16.8. The second-order valence-electron chi connectivity index (χ2n) is 9.87. The highest BCUT2D eigenvalue weighted by Crippen LogP contribution is 2.41. The van der Waals surface area contributed by atoms with E-state index in [9.17, 15) is 32.3 Å². The number of allylic oxidation sites excluding steroid dienone is 4. The number of aliphatic hydroxyl groups is 1. The van der Waals surface area contributed by atoms with Gasteiger partial charge in [0.05, 0.1) is 35.5 Å². The first kappa shape index (κ1) is 29.7. The van der Waals surface area contributed by atoms with Crippen molar-refractivity contribution in [2.45, 2.75) is 44.8 Å². The van der Waals surface area contributed by atoms with E-state index in [0.29, 0.717) is 32.6 Å². The number of halogens is 4. The van der Waals surface area contributed by atoms with Gasteiger partial charge in [-0.05, 0) is 44.0 Å². The lowest BCUT2D eigenvalue weighted by Gasteiger charge is -2.46. The molecule has 2 aliphatic rings. The molecule has 2 N–H and O–H groups in total. The SMILES string of the molecule is CC(F)(F)c1ccc(NC(=O)C2=C(O)C3(C)CCCN3N(C/C=C/C=C\C=C\F)C2=O)c(-c2cc(CF)ncn2)c1. The van der Waals surface area contributed by atoms with Gasteiger partial charge in [-0.25, -0.2) is 32.5 Å². The van der Waals surface area contributed by atoms with Gasteiger partial charge in [0.2, 0.25) is 0 Å². The molecule has 1 fully saturated rings. The van der Waals surface area contributed by atoms with Gasteiger partial charge in [-0.1, -0.05) is 30.4 Å². The Bertz CT molecular complexity index is 1450. The van der Waals surface area contributed by atoms with Crippen LogP contribution in [0.15, 0.2) is 78.6 Å². The number of nitrogens with zero attached hydrogens (tertiary/aromatic N) is 4. The smallest absolute Gasteiger partial charge is 0.277 e. The number of carbonyl (C=O) groups is 2. The van der Waals surface area contributed by atoms with Crippen molar-refractivity contribution in [3.63, 3.8) is 0 Å². The van der Waals surface area contributed by atoms with Crippen molar-refractivity contribution in [2.24, 2.45) is 0 Å². The first-order valence-electron chi connectivity index (χ1n) is 12.8. The van der Waals surface area contributed by atoms with Gasteiger partial charge in [-0.2, -0.15) is 0 Å². The van der Waals surface area contributed by atoms with Gasteiger partial charge in [0, 0.05) is 24.6 Å². The van der Waals surface area contributed by atoms with Gasteiger partial charge in [0.15, 0.2) is 0 Å². The van der Waals surface area contributed by atoms with Crippen LogP contribution < -0.4 is 5.32 Å². The number of hydrogen-bond donors (Lipinski definition) is 2. The standard InChI is InChI=1S/C29H29F4N5O3/c1-28-11-8-14-38(28)37(13-7-5-3-4-6-12-30)27(41)24(25(28)39)26(40)36-22-10-9-19(29(2,32)33)15-21(22)23-16-20(17-31)34-18-35-23/h3-7,9-10,12,15-16,18,39H,8,11,13-14,17H2,1-2H3,(H,36,40)/b4-3-,7-5+,12-6+. The van der Waals surface area contributed by atoms with Crippen LogP contribution in [0.2, 0.25) is 0 Å². The van der Waals surface area contributed by atoms with E-state index in [4.69, 9.17) is 0 Å². The summed E-state index contributed by atoms with van der Waals surface area (Å²) >= 11 is 0. The maximum absolute atomic E-state index is 14.2. The first-order chi connectivity index (χ1) is 19.5. The third-order valence-corrected chi connectivity index (χ3v) is 7.05. The highest BCUT2D eigenvalue weighted by atomic mass is 19.3. The molecule has 0 spiro atoms. The first-order valence-corrected chi connectivity index (χ1v) is 12.8. The molecule has 216 valence electrons. The Hall–Kier alpha value is -4.32. The van der Waals surface area contributed by atoms with Gasteiger partial charge < -0.3 is 10.4 Å². The van der Waals surface area contributed by atoms with E-state index in [1.54, 1.807) is 30.2 Å². The Labute approximate surface area is 234 Å². The number of rotatable bonds is 9. The van der Waals surface area contributed by atoms with E-state index in [2.05, 4.69) is 15.3 Å². The lowest BCUT2D eigenvalue weighted by atomic mass is 9.90. The molecule has 2 aromatic rings. The zero-order valence-electron chi connectivity index (χ0n) is 22.5. The second-order valence-corrected chi connectivity index (χ2v) is 9.87. The largest absolute Gasteiger partial charge is 0.509 e. The van der Waals surface area contributed by atoms with Crippen molar-refractivity contribution in [1.82, 2.24) is 20.0 Å². The molecule has 1 aromatic heterocycles. The third kappa shape index (κ3) is 6.07. The summed E-state index contributed by atoms with van der Waals surface area (Å²) in [5.41, 5.74) is -1.71. The number of fused-ring (bicyclic) bond motifs is 1. The van der Waals surface area contributed by atoms with E-state index in [0.717, 1.165) is 18.5 Å². The molecule has 2 amide bonds. The number of benzene rings is 1. The minimum absolute atomic E-state index is 0.0113. The molecule has 3 heterocycles. The van der Waals surface area contributed by atoms with Crippen LogP contribution in [0.4, 0.5) is 23.2 Å². The van der Waals surface area contributed by atoms with Crippen LogP contribution in [0.1, 0.15) is 37.9 Å². The molecule has 1 unspecified atom stereocenters. The van der Waals surface area contributed by atoms with Crippen LogP contribution in [-0.2, 0) is 22.2 Å². The Morgan fingerprint density at radius 3 is 2.66 bits per heavy atom. The summed E-state index contributed by atoms with van der Waals surface area (Å²) in [4.78, 5) is 35.0. The molecule has 0 radical (unpaired) electrons. The van der Waals surface area contributed by atoms with Crippen molar-refractivity contribution >= 4 is 17.5 Å². The molecule has 12 heteroatoms. The number of hydrogen-bond acceptors (Lipinski definition) is 6. The highest BCUT2D eigenvalue weighted by Gasteiger charge is 2.52. The lowest BCUT2D eigenvalue weighted by Crippen LogP contribution is -2.60. The lowest BCUT2D eigenvalue weighted by molar-refractivity contribution is -0.156. The molecule has 4 rings (SSSR count). The molecule has 1 atom stereocenters. The maximum atomic E-state index is 14.2. The van der Waals surface area contributed by atoms with Crippen LogP contribution in [0.25, 0.3) is 11.3 Å². The zero-order valence-corrected chi connectivity index (χ0v) is 22.5. The number of aromatic nitrogens is 2. The molecular weight excluding hydrogens is 542 g/mol. The summed E-state index contributed by atoms with van der Waals surface area (Å²) in [5.74, 6) is -5.32. The van der Waals surface area contributed by atoms with Gasteiger partial charge in [0.1, 0.15) is 24.3 Å². The summed E-state index contributed by atoms with van der Waals surface area (Å²) in [6.45, 7) is 2.06. The molecule has 1 saturated heterocycles. The van der Waals surface area contributed by atoms with Crippen molar-refractivity contribution in [3.05, 3.63) is 89.9 Å². The quantitative estimate of drug-likeness (QED) is 0.228. The molecular formula is C29H29F4N5O3. The number of amides is 2. The Morgan fingerprint density at radius 1 is 1.20 bits per heavy atom. The molecule has 0 saturated carbocycles. The summed E-state index contributed by atoms with van der Waals surface area (Å²) in [6.07, 6.45) is 10.1. The number of carbonyl (C=O) groups excluding carboxylic acids is 2. The number of aliphatic hydroxyl groups excluding tert-OH is 1. The molecule has 0 aliphatic carbocycles. The number of anilines is 1. The third-order valence-electron chi connectivity index (χ3n) is 7.05. The average Bonchev–Trinajstić information content (AvgIpc) is 3.34. The van der Waals surface area contributed by atoms with E-state index < -0.39 is 41.3 Å². The normalized spacial score (nSPS) is 20.1. The molecule has 1 aromatic carbocycles. The van der Waals surface area contributed by atoms with Crippen LogP contribution in [-0.4, -0.2) is 55.5 Å². The topological polar surface area (TPSA) is 98.7 Å². The van der Waals surface area contributed by atoms with Crippen molar-refractivity contribution in [2.75, 3.05) is 18.4 Å². The average molecular weight is 572 g/mol.